The second-order valence-electron chi connectivity index (χ2n) is 4.49. The van der Waals surface area contributed by atoms with Crippen LogP contribution in [0.3, 0.4) is 0 Å². The summed E-state index contributed by atoms with van der Waals surface area (Å²) in [5.74, 6) is 0. The molecule has 0 fully saturated rings. The van der Waals surface area contributed by atoms with Gasteiger partial charge < -0.3 is 5.73 Å². The number of hydrogen-bond acceptors (Lipinski definition) is 2. The van der Waals surface area contributed by atoms with Crippen molar-refractivity contribution in [1.29, 1.82) is 0 Å². The van der Waals surface area contributed by atoms with Crippen molar-refractivity contribution in [2.75, 3.05) is 6.54 Å². The summed E-state index contributed by atoms with van der Waals surface area (Å²) < 4.78 is 2.98. The van der Waals surface area contributed by atoms with Crippen LogP contribution >= 0.6 is 28.3 Å². The first-order valence-corrected chi connectivity index (χ1v) is 6.98. The quantitative estimate of drug-likeness (QED) is 0.778. The molecule has 104 valence electrons. The van der Waals surface area contributed by atoms with Crippen LogP contribution in [0.5, 0.6) is 0 Å². The van der Waals surface area contributed by atoms with Crippen LogP contribution in [0.4, 0.5) is 0 Å². The number of hydrogen-bond donors (Lipinski definition) is 1. The van der Waals surface area contributed by atoms with Gasteiger partial charge in [0.2, 0.25) is 0 Å². The molecule has 0 aliphatic heterocycles. The number of fused-ring (bicyclic) bond motifs is 1. The molecule has 2 N–H and O–H groups in total. The van der Waals surface area contributed by atoms with Crippen molar-refractivity contribution in [2.45, 2.75) is 6.54 Å². The van der Waals surface area contributed by atoms with Gasteiger partial charge in [-0.25, -0.2) is 0 Å². The van der Waals surface area contributed by atoms with Gasteiger partial charge in [-0.05, 0) is 34.5 Å². The molecular formula is C15H15BrClN3. The van der Waals surface area contributed by atoms with E-state index in [9.17, 15) is 0 Å². The summed E-state index contributed by atoms with van der Waals surface area (Å²) in [6, 6.07) is 12.7. The fourth-order valence-corrected chi connectivity index (χ4v) is 2.54. The molecule has 20 heavy (non-hydrogen) atoms. The van der Waals surface area contributed by atoms with Crippen molar-refractivity contribution < 1.29 is 0 Å². The van der Waals surface area contributed by atoms with E-state index < -0.39 is 0 Å². The van der Waals surface area contributed by atoms with E-state index in [1.807, 2.05) is 17.1 Å². The van der Waals surface area contributed by atoms with Crippen LogP contribution in [0.25, 0.3) is 21.9 Å². The van der Waals surface area contributed by atoms with Gasteiger partial charge in [-0.1, -0.05) is 34.1 Å². The summed E-state index contributed by atoms with van der Waals surface area (Å²) >= 11 is 3.49. The Bertz CT molecular complexity index is 724. The third-order valence-electron chi connectivity index (χ3n) is 3.13. The molecule has 0 spiro atoms. The van der Waals surface area contributed by atoms with Gasteiger partial charge in [0.1, 0.15) is 0 Å². The second kappa shape index (κ2) is 6.39. The van der Waals surface area contributed by atoms with E-state index >= 15 is 0 Å². The molecular weight excluding hydrogens is 338 g/mol. The molecule has 3 rings (SSSR count). The first-order chi connectivity index (χ1) is 9.26. The second-order valence-corrected chi connectivity index (χ2v) is 5.40. The van der Waals surface area contributed by atoms with E-state index in [0.29, 0.717) is 6.54 Å². The first kappa shape index (κ1) is 15.0. The van der Waals surface area contributed by atoms with Crippen molar-refractivity contribution in [1.82, 2.24) is 9.78 Å². The molecule has 0 amide bonds. The Morgan fingerprint density at radius 2 is 1.80 bits per heavy atom. The molecule has 0 aliphatic carbocycles. The van der Waals surface area contributed by atoms with Crippen molar-refractivity contribution in [2.24, 2.45) is 5.73 Å². The van der Waals surface area contributed by atoms with E-state index in [2.05, 4.69) is 57.4 Å². The largest absolute Gasteiger partial charge is 0.329 e. The molecule has 0 radical (unpaired) electrons. The van der Waals surface area contributed by atoms with Gasteiger partial charge in [0, 0.05) is 22.8 Å². The Labute approximate surface area is 132 Å². The van der Waals surface area contributed by atoms with Crippen LogP contribution in [0.2, 0.25) is 0 Å². The fraction of sp³-hybridized carbons (Fsp3) is 0.133. The molecule has 0 bridgehead atoms. The number of benzene rings is 2. The van der Waals surface area contributed by atoms with E-state index in [0.717, 1.165) is 16.6 Å². The molecule has 3 nitrogen and oxygen atoms in total. The van der Waals surface area contributed by atoms with E-state index in [4.69, 9.17) is 5.73 Å². The number of rotatable bonds is 3. The van der Waals surface area contributed by atoms with Crippen molar-refractivity contribution in [3.63, 3.8) is 0 Å². The predicted molar refractivity (Wildman–Crippen MR) is 89.2 cm³/mol. The van der Waals surface area contributed by atoms with Crippen molar-refractivity contribution in [3.8, 4) is 11.1 Å². The lowest BCUT2D eigenvalue weighted by Gasteiger charge is -2.02. The van der Waals surface area contributed by atoms with E-state index in [1.165, 1.54) is 16.3 Å². The molecule has 0 aliphatic rings. The topological polar surface area (TPSA) is 43.8 Å². The monoisotopic (exact) mass is 351 g/mol. The minimum Gasteiger partial charge on any atom is -0.329 e. The maximum Gasteiger partial charge on any atom is 0.0568 e. The number of aromatic nitrogens is 2. The Morgan fingerprint density at radius 1 is 1.05 bits per heavy atom. The lowest BCUT2D eigenvalue weighted by molar-refractivity contribution is 0.625. The average molecular weight is 353 g/mol. The van der Waals surface area contributed by atoms with Crippen LogP contribution in [0, 0.1) is 0 Å². The van der Waals surface area contributed by atoms with Crippen molar-refractivity contribution in [3.05, 3.63) is 53.3 Å². The van der Waals surface area contributed by atoms with Gasteiger partial charge in [0.25, 0.3) is 0 Å². The number of halogens is 2. The zero-order chi connectivity index (χ0) is 13.2. The Morgan fingerprint density at radius 3 is 2.60 bits per heavy atom. The molecule has 0 saturated carbocycles. The van der Waals surface area contributed by atoms with E-state index in [-0.39, 0.29) is 12.4 Å². The van der Waals surface area contributed by atoms with Gasteiger partial charge in [-0.3, -0.25) is 4.68 Å². The minimum absolute atomic E-state index is 0. The fourth-order valence-electron chi connectivity index (χ4n) is 2.16. The summed E-state index contributed by atoms with van der Waals surface area (Å²) in [5.41, 5.74) is 7.83. The third kappa shape index (κ3) is 3.03. The SMILES string of the molecule is Cl.NCCn1cc(-c2ccc3cc(Br)ccc3c2)cn1. The molecule has 1 aromatic heterocycles. The standard InChI is InChI=1S/C15H14BrN3.ClH/c16-15-4-3-11-7-12(1-2-13(11)8-15)14-9-18-19(10-14)6-5-17;/h1-4,7-10H,5-6,17H2;1H. The smallest absolute Gasteiger partial charge is 0.0568 e. The summed E-state index contributed by atoms with van der Waals surface area (Å²) in [5, 5.41) is 6.76. The number of nitrogens with two attached hydrogens (primary N) is 1. The average Bonchev–Trinajstić information content (AvgIpc) is 2.87. The summed E-state index contributed by atoms with van der Waals surface area (Å²) in [6.07, 6.45) is 3.92. The highest BCUT2D eigenvalue weighted by Crippen LogP contribution is 2.26. The zero-order valence-electron chi connectivity index (χ0n) is 10.8. The van der Waals surface area contributed by atoms with E-state index in [1.54, 1.807) is 0 Å². The first-order valence-electron chi connectivity index (χ1n) is 6.18. The minimum atomic E-state index is 0. The lowest BCUT2D eigenvalue weighted by Crippen LogP contribution is -2.09. The van der Waals surface area contributed by atoms with Crippen LogP contribution in [0.1, 0.15) is 0 Å². The maximum atomic E-state index is 5.53. The molecule has 5 heteroatoms. The maximum absolute atomic E-state index is 5.53. The Kier molecular flexibility index (Phi) is 4.81. The summed E-state index contributed by atoms with van der Waals surface area (Å²) in [6.45, 7) is 1.35. The normalized spacial score (nSPS) is 10.5. The van der Waals surface area contributed by atoms with Gasteiger partial charge in [0.15, 0.2) is 0 Å². The van der Waals surface area contributed by atoms with Crippen molar-refractivity contribution >= 4 is 39.1 Å². The molecule has 1 heterocycles. The zero-order valence-corrected chi connectivity index (χ0v) is 13.2. The molecule has 3 aromatic rings. The summed E-state index contributed by atoms with van der Waals surface area (Å²) in [7, 11) is 0. The van der Waals surface area contributed by atoms with Crippen LogP contribution in [-0.4, -0.2) is 16.3 Å². The predicted octanol–water partition coefficient (Wildman–Crippen LogP) is 3.85. The Balaban J connectivity index is 0.00000147. The molecule has 0 atom stereocenters. The van der Waals surface area contributed by atoms with Gasteiger partial charge >= 0.3 is 0 Å². The number of nitrogens with zero attached hydrogens (tertiary/aromatic N) is 2. The highest BCUT2D eigenvalue weighted by Gasteiger charge is 2.03. The highest BCUT2D eigenvalue weighted by atomic mass is 79.9. The molecule has 0 saturated heterocycles. The third-order valence-corrected chi connectivity index (χ3v) is 3.62. The highest BCUT2D eigenvalue weighted by molar-refractivity contribution is 9.10. The molecule has 0 unspecified atom stereocenters. The van der Waals surface area contributed by atoms with Gasteiger partial charge in [-0.15, -0.1) is 12.4 Å². The van der Waals surface area contributed by atoms with Crippen LogP contribution in [-0.2, 0) is 6.54 Å². The Hall–Kier alpha value is -1.36. The van der Waals surface area contributed by atoms with Gasteiger partial charge in [0.05, 0.1) is 12.7 Å². The van der Waals surface area contributed by atoms with Gasteiger partial charge in [-0.2, -0.15) is 5.10 Å². The molecule has 2 aromatic carbocycles. The summed E-state index contributed by atoms with van der Waals surface area (Å²) in [4.78, 5) is 0. The lowest BCUT2D eigenvalue weighted by atomic mass is 10.0. The van der Waals surface area contributed by atoms with Crippen LogP contribution in [0.15, 0.2) is 53.3 Å². The van der Waals surface area contributed by atoms with Crippen LogP contribution < -0.4 is 5.73 Å².